The van der Waals surface area contributed by atoms with Crippen molar-refractivity contribution in [2.45, 2.75) is 65.1 Å². The summed E-state index contributed by atoms with van der Waals surface area (Å²) in [5.74, 6) is -1.58. The number of aliphatic hydroxyl groups is 1. The average molecular weight is 276 g/mol. The van der Waals surface area contributed by atoms with E-state index in [-0.39, 0.29) is 16.6 Å². The molecule has 1 aliphatic rings. The molecule has 0 bridgehead atoms. The lowest BCUT2D eigenvalue weighted by atomic mass is 9.78. The van der Waals surface area contributed by atoms with Gasteiger partial charge in [0.05, 0.1) is 5.56 Å². The number of hydrogen-bond donors (Lipinski definition) is 1. The lowest BCUT2D eigenvalue weighted by molar-refractivity contribution is -0.0755. The van der Waals surface area contributed by atoms with Gasteiger partial charge in [0.2, 0.25) is 5.78 Å². The summed E-state index contributed by atoms with van der Waals surface area (Å²) in [4.78, 5) is 12.3. The number of carbonyl (C=O) groups excluding carboxylic acids is 1. The van der Waals surface area contributed by atoms with Crippen molar-refractivity contribution in [3.05, 3.63) is 28.8 Å². The number of Topliss-reactive ketones (excluding diaryl/α,β-unsaturated/α-hetero) is 1. The minimum absolute atomic E-state index is 0.0657. The van der Waals surface area contributed by atoms with E-state index in [2.05, 4.69) is 47.6 Å². The molecule has 20 heavy (non-hydrogen) atoms. The van der Waals surface area contributed by atoms with Crippen molar-refractivity contribution in [1.82, 2.24) is 0 Å². The molecule has 110 valence electrons. The first-order valence-corrected chi connectivity index (χ1v) is 6.99. The van der Waals surface area contributed by atoms with Crippen LogP contribution < -0.4 is 4.74 Å². The van der Waals surface area contributed by atoms with Gasteiger partial charge >= 0.3 is 0 Å². The Balaban J connectivity index is 2.75. The van der Waals surface area contributed by atoms with Crippen LogP contribution in [0, 0.1) is 0 Å². The summed E-state index contributed by atoms with van der Waals surface area (Å²) in [6.07, 6.45) is 0. The minimum Gasteiger partial charge on any atom is -0.454 e. The molecule has 0 aliphatic carbocycles. The SMILES string of the molecule is CC(C)(C)c1cc2c(c(C(C)(C)C)c1)O[C@](C)(O)C2=O. The van der Waals surface area contributed by atoms with Gasteiger partial charge in [0, 0.05) is 12.5 Å². The van der Waals surface area contributed by atoms with Gasteiger partial charge in [-0.2, -0.15) is 0 Å². The number of benzene rings is 1. The zero-order valence-electron chi connectivity index (χ0n) is 13.4. The maximum absolute atomic E-state index is 12.3. The van der Waals surface area contributed by atoms with Crippen molar-refractivity contribution in [2.24, 2.45) is 0 Å². The Bertz CT molecular complexity index is 569. The Labute approximate surface area is 121 Å². The van der Waals surface area contributed by atoms with Gasteiger partial charge in [-0.25, -0.2) is 0 Å². The molecule has 1 atom stereocenters. The highest BCUT2D eigenvalue weighted by atomic mass is 16.6. The number of fused-ring (bicyclic) bond motifs is 1. The van der Waals surface area contributed by atoms with E-state index in [4.69, 9.17) is 4.74 Å². The molecule has 0 aromatic heterocycles. The molecule has 0 saturated heterocycles. The van der Waals surface area contributed by atoms with Gasteiger partial charge in [-0.3, -0.25) is 4.79 Å². The van der Waals surface area contributed by atoms with Crippen molar-refractivity contribution >= 4 is 5.78 Å². The Kier molecular flexibility index (Phi) is 3.07. The highest BCUT2D eigenvalue weighted by molar-refractivity contribution is 6.06. The lowest BCUT2D eigenvalue weighted by Crippen LogP contribution is -2.35. The second-order valence-electron chi connectivity index (χ2n) is 7.81. The Morgan fingerprint density at radius 3 is 2.05 bits per heavy atom. The quantitative estimate of drug-likeness (QED) is 0.788. The van der Waals surface area contributed by atoms with E-state index < -0.39 is 5.79 Å². The molecular weight excluding hydrogens is 252 g/mol. The van der Waals surface area contributed by atoms with Crippen molar-refractivity contribution in [3.63, 3.8) is 0 Å². The maximum atomic E-state index is 12.3. The van der Waals surface area contributed by atoms with Crippen LogP contribution in [0.3, 0.4) is 0 Å². The Morgan fingerprint density at radius 1 is 1.05 bits per heavy atom. The largest absolute Gasteiger partial charge is 0.454 e. The summed E-state index contributed by atoms with van der Waals surface area (Å²) >= 11 is 0. The number of ketones is 1. The first kappa shape index (κ1) is 15.0. The smallest absolute Gasteiger partial charge is 0.270 e. The van der Waals surface area contributed by atoms with Gasteiger partial charge in [0.1, 0.15) is 5.75 Å². The predicted molar refractivity (Wildman–Crippen MR) is 79.4 cm³/mol. The summed E-state index contributed by atoms with van der Waals surface area (Å²) < 4.78 is 5.54. The standard InChI is InChI=1S/C17H24O3/c1-15(2,3)10-8-11-13(12(9-10)16(4,5)6)20-17(7,19)14(11)18/h8-9,19H,1-7H3/t17-/m0/s1. The van der Waals surface area contributed by atoms with E-state index in [9.17, 15) is 9.90 Å². The van der Waals surface area contributed by atoms with Crippen molar-refractivity contribution in [1.29, 1.82) is 0 Å². The topological polar surface area (TPSA) is 46.5 Å². The van der Waals surface area contributed by atoms with Crippen molar-refractivity contribution < 1.29 is 14.6 Å². The fourth-order valence-electron chi connectivity index (χ4n) is 2.39. The number of rotatable bonds is 0. The number of carbonyl (C=O) groups is 1. The molecule has 0 fully saturated rings. The maximum Gasteiger partial charge on any atom is 0.270 e. The highest BCUT2D eigenvalue weighted by Gasteiger charge is 2.45. The van der Waals surface area contributed by atoms with Gasteiger partial charge in [-0.15, -0.1) is 0 Å². The third-order valence-corrected chi connectivity index (χ3v) is 3.73. The van der Waals surface area contributed by atoms with Crippen molar-refractivity contribution in [2.75, 3.05) is 0 Å². The Morgan fingerprint density at radius 2 is 1.60 bits per heavy atom. The fraction of sp³-hybridized carbons (Fsp3) is 0.588. The molecule has 0 spiro atoms. The molecule has 1 heterocycles. The van der Waals surface area contributed by atoms with Crippen LogP contribution in [0.15, 0.2) is 12.1 Å². The molecule has 0 saturated carbocycles. The van der Waals surface area contributed by atoms with Gasteiger partial charge in [0.25, 0.3) is 5.79 Å². The predicted octanol–water partition coefficient (Wildman–Crippen LogP) is 3.57. The average Bonchev–Trinajstić information content (AvgIpc) is 2.46. The van der Waals surface area contributed by atoms with Crippen LogP contribution in [-0.2, 0) is 10.8 Å². The molecule has 1 aliphatic heterocycles. The molecule has 1 aromatic carbocycles. The zero-order valence-corrected chi connectivity index (χ0v) is 13.4. The van der Waals surface area contributed by atoms with E-state index in [1.807, 2.05) is 6.07 Å². The minimum atomic E-state index is -1.75. The summed E-state index contributed by atoms with van der Waals surface area (Å²) in [5, 5.41) is 10.1. The second kappa shape index (κ2) is 4.08. The van der Waals surface area contributed by atoms with Crippen LogP contribution in [0.5, 0.6) is 5.75 Å². The fourth-order valence-corrected chi connectivity index (χ4v) is 2.39. The number of hydrogen-bond acceptors (Lipinski definition) is 3. The van der Waals surface area contributed by atoms with Crippen LogP contribution in [0.4, 0.5) is 0 Å². The van der Waals surface area contributed by atoms with Crippen LogP contribution in [-0.4, -0.2) is 16.7 Å². The third kappa shape index (κ3) is 2.35. The van der Waals surface area contributed by atoms with Gasteiger partial charge in [-0.05, 0) is 22.5 Å². The molecular formula is C17H24O3. The van der Waals surface area contributed by atoms with Crippen LogP contribution in [0.2, 0.25) is 0 Å². The van der Waals surface area contributed by atoms with E-state index in [1.165, 1.54) is 6.92 Å². The first-order chi connectivity index (χ1) is 8.84. The van der Waals surface area contributed by atoms with E-state index in [0.717, 1.165) is 11.1 Å². The normalized spacial score (nSPS) is 22.7. The van der Waals surface area contributed by atoms with Gasteiger partial charge < -0.3 is 9.84 Å². The van der Waals surface area contributed by atoms with Gasteiger partial charge in [-0.1, -0.05) is 47.6 Å². The summed E-state index contributed by atoms with van der Waals surface area (Å²) in [5.41, 5.74) is 2.31. The summed E-state index contributed by atoms with van der Waals surface area (Å²) in [7, 11) is 0. The molecule has 2 rings (SSSR count). The molecule has 3 nitrogen and oxygen atoms in total. The zero-order chi connectivity index (χ0) is 15.5. The lowest BCUT2D eigenvalue weighted by Gasteiger charge is -2.27. The second-order valence-corrected chi connectivity index (χ2v) is 7.81. The molecule has 3 heteroatoms. The molecule has 0 amide bonds. The van der Waals surface area contributed by atoms with E-state index >= 15 is 0 Å². The summed E-state index contributed by atoms with van der Waals surface area (Å²) in [6, 6.07) is 3.95. The van der Waals surface area contributed by atoms with Crippen molar-refractivity contribution in [3.8, 4) is 5.75 Å². The van der Waals surface area contributed by atoms with Crippen LogP contribution >= 0.6 is 0 Å². The van der Waals surface area contributed by atoms with Gasteiger partial charge in [0.15, 0.2) is 0 Å². The molecule has 1 aromatic rings. The molecule has 1 N–H and O–H groups in total. The monoisotopic (exact) mass is 276 g/mol. The highest BCUT2D eigenvalue weighted by Crippen LogP contribution is 2.44. The first-order valence-electron chi connectivity index (χ1n) is 6.99. The van der Waals surface area contributed by atoms with E-state index in [0.29, 0.717) is 11.3 Å². The van der Waals surface area contributed by atoms with Crippen LogP contribution in [0.1, 0.15) is 70.0 Å². The number of ether oxygens (including phenoxy) is 1. The van der Waals surface area contributed by atoms with E-state index in [1.54, 1.807) is 0 Å². The Hall–Kier alpha value is -1.35. The molecule has 0 unspecified atom stereocenters. The third-order valence-electron chi connectivity index (χ3n) is 3.73. The summed E-state index contributed by atoms with van der Waals surface area (Å²) in [6.45, 7) is 14.0. The van der Waals surface area contributed by atoms with Crippen LogP contribution in [0.25, 0.3) is 0 Å². The molecule has 0 radical (unpaired) electrons.